The van der Waals surface area contributed by atoms with Gasteiger partial charge in [-0.15, -0.1) is 0 Å². The van der Waals surface area contributed by atoms with Crippen molar-refractivity contribution in [3.63, 3.8) is 0 Å². The van der Waals surface area contributed by atoms with Crippen molar-refractivity contribution in [2.24, 2.45) is 0 Å². The third kappa shape index (κ3) is 5.68. The molecule has 8 heteroatoms. The Hall–Kier alpha value is -2.64. The van der Waals surface area contributed by atoms with Crippen LogP contribution >= 0.6 is 11.6 Å². The summed E-state index contributed by atoms with van der Waals surface area (Å²) >= 11 is 5.93. The molecule has 2 N–H and O–H groups in total. The maximum atomic E-state index is 12.9. The first-order valence-electron chi connectivity index (χ1n) is 9.09. The summed E-state index contributed by atoms with van der Waals surface area (Å²) in [4.78, 5) is 28.3. The third-order valence-corrected chi connectivity index (χ3v) is 4.84. The highest BCUT2D eigenvalue weighted by Crippen LogP contribution is 2.19. The van der Waals surface area contributed by atoms with E-state index in [-0.39, 0.29) is 0 Å². The number of carbonyl (C=O) groups excluding carboxylic acids is 2. The number of benzene rings is 2. The molecule has 0 aromatic heterocycles. The van der Waals surface area contributed by atoms with Gasteiger partial charge >= 0.3 is 11.8 Å². The predicted octanol–water partition coefficient (Wildman–Crippen LogP) is 2.36. The molecule has 0 atom stereocenters. The van der Waals surface area contributed by atoms with E-state index in [9.17, 15) is 14.0 Å². The van der Waals surface area contributed by atoms with Gasteiger partial charge in [-0.3, -0.25) is 14.5 Å². The number of halogens is 2. The van der Waals surface area contributed by atoms with Crippen LogP contribution in [0.1, 0.15) is 0 Å². The van der Waals surface area contributed by atoms with Gasteiger partial charge in [0.25, 0.3) is 0 Å². The normalized spacial score (nSPS) is 14.6. The maximum Gasteiger partial charge on any atom is 0.313 e. The van der Waals surface area contributed by atoms with E-state index in [0.717, 1.165) is 36.9 Å². The summed E-state index contributed by atoms with van der Waals surface area (Å²) in [6.07, 6.45) is 0. The summed E-state index contributed by atoms with van der Waals surface area (Å²) in [5.41, 5.74) is 1.52. The predicted molar refractivity (Wildman–Crippen MR) is 108 cm³/mol. The zero-order valence-corrected chi connectivity index (χ0v) is 16.1. The lowest BCUT2D eigenvalue weighted by atomic mass is 10.2. The Labute approximate surface area is 168 Å². The minimum absolute atomic E-state index is 0.375. The van der Waals surface area contributed by atoms with Gasteiger partial charge in [0.2, 0.25) is 0 Å². The van der Waals surface area contributed by atoms with Crippen LogP contribution in [0.2, 0.25) is 5.02 Å². The molecule has 0 aliphatic carbocycles. The molecule has 1 saturated heterocycles. The van der Waals surface area contributed by atoms with Crippen LogP contribution in [0.15, 0.2) is 48.5 Å². The van der Waals surface area contributed by atoms with Crippen LogP contribution in [0.3, 0.4) is 0 Å². The van der Waals surface area contributed by atoms with Crippen LogP contribution in [-0.4, -0.2) is 56.0 Å². The maximum absolute atomic E-state index is 12.9. The summed E-state index contributed by atoms with van der Waals surface area (Å²) in [6.45, 7) is 4.59. The van der Waals surface area contributed by atoms with E-state index in [2.05, 4.69) is 20.4 Å². The van der Waals surface area contributed by atoms with Crippen LogP contribution in [0, 0.1) is 5.82 Å². The molecule has 1 aliphatic rings. The molecular weight excluding hydrogens is 383 g/mol. The number of carbonyl (C=O) groups is 2. The molecule has 1 heterocycles. The van der Waals surface area contributed by atoms with E-state index in [1.54, 1.807) is 0 Å². The van der Waals surface area contributed by atoms with E-state index in [4.69, 9.17) is 11.6 Å². The monoisotopic (exact) mass is 404 g/mol. The number of amides is 2. The highest BCUT2D eigenvalue weighted by molar-refractivity contribution is 6.39. The molecule has 0 radical (unpaired) electrons. The van der Waals surface area contributed by atoms with Crippen molar-refractivity contribution in [3.05, 3.63) is 59.4 Å². The first kappa shape index (κ1) is 20.1. The molecule has 148 valence electrons. The fourth-order valence-electron chi connectivity index (χ4n) is 3.01. The quantitative estimate of drug-likeness (QED) is 0.751. The van der Waals surface area contributed by atoms with Crippen LogP contribution in [0.25, 0.3) is 0 Å². The Morgan fingerprint density at radius 3 is 2.21 bits per heavy atom. The number of hydrogen-bond donors (Lipinski definition) is 2. The summed E-state index contributed by atoms with van der Waals surface area (Å²) in [5.74, 6) is -1.87. The standard InChI is InChI=1S/C20H22ClFN4O2/c21-15-1-7-18(8-2-15)26-13-11-25(12-14-26)10-9-23-19(27)20(28)24-17-5-3-16(22)4-6-17/h1-8H,9-14H2,(H,23,27)(H,24,28). The van der Waals surface area contributed by atoms with E-state index >= 15 is 0 Å². The number of rotatable bonds is 5. The summed E-state index contributed by atoms with van der Waals surface area (Å²) < 4.78 is 12.9. The lowest BCUT2D eigenvalue weighted by Crippen LogP contribution is -2.49. The zero-order chi connectivity index (χ0) is 19.9. The molecule has 1 aliphatic heterocycles. The van der Waals surface area contributed by atoms with Gasteiger partial charge in [0.1, 0.15) is 5.82 Å². The van der Waals surface area contributed by atoms with Crippen LogP contribution in [-0.2, 0) is 9.59 Å². The van der Waals surface area contributed by atoms with Gasteiger partial charge in [-0.05, 0) is 48.5 Å². The van der Waals surface area contributed by atoms with Crippen molar-refractivity contribution in [1.29, 1.82) is 0 Å². The highest BCUT2D eigenvalue weighted by atomic mass is 35.5. The zero-order valence-electron chi connectivity index (χ0n) is 15.3. The molecule has 2 amide bonds. The van der Waals surface area contributed by atoms with E-state index in [1.807, 2.05) is 24.3 Å². The SMILES string of the molecule is O=C(NCCN1CCN(c2ccc(Cl)cc2)CC1)C(=O)Nc1ccc(F)cc1. The van der Waals surface area contributed by atoms with Crippen molar-refractivity contribution in [1.82, 2.24) is 10.2 Å². The molecule has 3 rings (SSSR count). The molecule has 2 aromatic rings. The second-order valence-corrected chi connectivity index (χ2v) is 6.96. The molecule has 0 unspecified atom stereocenters. The first-order valence-corrected chi connectivity index (χ1v) is 9.47. The fourth-order valence-corrected chi connectivity index (χ4v) is 3.14. The van der Waals surface area contributed by atoms with Gasteiger partial charge in [-0.2, -0.15) is 0 Å². The average molecular weight is 405 g/mol. The van der Waals surface area contributed by atoms with Gasteiger partial charge in [0.05, 0.1) is 0 Å². The molecule has 28 heavy (non-hydrogen) atoms. The van der Waals surface area contributed by atoms with Gasteiger partial charge in [-0.1, -0.05) is 11.6 Å². The summed E-state index contributed by atoms with van der Waals surface area (Å²) in [6, 6.07) is 13.0. The Balaban J connectivity index is 1.36. The van der Waals surface area contributed by atoms with Crippen molar-refractivity contribution >= 4 is 34.8 Å². The molecule has 0 saturated carbocycles. The Morgan fingerprint density at radius 2 is 1.57 bits per heavy atom. The first-order chi connectivity index (χ1) is 13.5. The van der Waals surface area contributed by atoms with Crippen molar-refractivity contribution in [2.45, 2.75) is 0 Å². The smallest absolute Gasteiger partial charge is 0.313 e. The minimum atomic E-state index is -0.765. The lowest BCUT2D eigenvalue weighted by Gasteiger charge is -2.36. The van der Waals surface area contributed by atoms with E-state index in [0.29, 0.717) is 18.8 Å². The molecule has 2 aromatic carbocycles. The second-order valence-electron chi connectivity index (χ2n) is 6.52. The molecule has 6 nitrogen and oxygen atoms in total. The van der Waals surface area contributed by atoms with E-state index in [1.165, 1.54) is 24.3 Å². The summed E-state index contributed by atoms with van der Waals surface area (Å²) in [5, 5.41) is 5.78. The van der Waals surface area contributed by atoms with Crippen molar-refractivity contribution in [3.8, 4) is 0 Å². The Kier molecular flexibility index (Phi) is 6.84. The topological polar surface area (TPSA) is 64.7 Å². The van der Waals surface area contributed by atoms with Gasteiger partial charge in [-0.25, -0.2) is 4.39 Å². The average Bonchev–Trinajstić information content (AvgIpc) is 2.71. The van der Waals surface area contributed by atoms with Gasteiger partial charge < -0.3 is 15.5 Å². The summed E-state index contributed by atoms with van der Waals surface area (Å²) in [7, 11) is 0. The number of hydrogen-bond acceptors (Lipinski definition) is 4. The minimum Gasteiger partial charge on any atom is -0.369 e. The molecular formula is C20H22ClFN4O2. The fraction of sp³-hybridized carbons (Fsp3) is 0.300. The molecule has 0 bridgehead atoms. The van der Waals surface area contributed by atoms with Gasteiger partial charge in [0, 0.05) is 55.7 Å². The highest BCUT2D eigenvalue weighted by Gasteiger charge is 2.18. The van der Waals surface area contributed by atoms with Crippen LogP contribution in [0.5, 0.6) is 0 Å². The van der Waals surface area contributed by atoms with Crippen LogP contribution in [0.4, 0.5) is 15.8 Å². The molecule has 0 spiro atoms. The molecule has 1 fully saturated rings. The van der Waals surface area contributed by atoms with Crippen LogP contribution < -0.4 is 15.5 Å². The number of nitrogens with zero attached hydrogens (tertiary/aromatic N) is 2. The second kappa shape index (κ2) is 9.52. The number of anilines is 2. The Bertz CT molecular complexity index is 806. The number of nitrogens with one attached hydrogen (secondary N) is 2. The number of piperazine rings is 1. The van der Waals surface area contributed by atoms with Crippen molar-refractivity contribution in [2.75, 3.05) is 49.5 Å². The van der Waals surface area contributed by atoms with E-state index < -0.39 is 17.6 Å². The van der Waals surface area contributed by atoms with Crippen molar-refractivity contribution < 1.29 is 14.0 Å². The third-order valence-electron chi connectivity index (χ3n) is 4.59. The largest absolute Gasteiger partial charge is 0.369 e. The lowest BCUT2D eigenvalue weighted by molar-refractivity contribution is -0.136. The Morgan fingerprint density at radius 1 is 0.929 bits per heavy atom. The van der Waals surface area contributed by atoms with Gasteiger partial charge in [0.15, 0.2) is 0 Å².